The molecular formula is C38H35FN10O3. The standard InChI is InChI=1S/C38H35FN10O3/c1-23-15-24(2)48-35(42-23)31(18-41-48)36(50)43-28-9-5-25(6-10-28)32-21-47(45-44-32)20-30-13-14-34(52-30)37(51)46-19-26-17-40-49(29-11-7-27(39)8-12-29)33(26)16-38(3,4)22-46/h5-15,17-18,21H,16,19-20,22H2,1-4H3,(H,43,50). The lowest BCUT2D eigenvalue weighted by atomic mass is 9.87. The molecule has 0 saturated carbocycles. The Balaban J connectivity index is 0.924. The van der Waals surface area contributed by atoms with Gasteiger partial charge in [-0.1, -0.05) is 31.2 Å². The average molecular weight is 699 g/mol. The zero-order valence-electron chi connectivity index (χ0n) is 29.0. The van der Waals surface area contributed by atoms with Gasteiger partial charge in [0, 0.05) is 47.0 Å². The maximum absolute atomic E-state index is 13.8. The van der Waals surface area contributed by atoms with Gasteiger partial charge in [-0.25, -0.2) is 23.3 Å². The van der Waals surface area contributed by atoms with Crippen LogP contribution in [0.4, 0.5) is 10.1 Å². The van der Waals surface area contributed by atoms with Crippen molar-refractivity contribution in [2.75, 3.05) is 11.9 Å². The number of benzene rings is 2. The van der Waals surface area contributed by atoms with Crippen molar-refractivity contribution in [2.24, 2.45) is 5.41 Å². The minimum atomic E-state index is -0.306. The van der Waals surface area contributed by atoms with Crippen LogP contribution in [0.3, 0.4) is 0 Å². The Labute approximate surface area is 297 Å². The number of hydrogen-bond acceptors (Lipinski definition) is 8. The number of nitrogens with one attached hydrogen (secondary N) is 1. The van der Waals surface area contributed by atoms with Crippen molar-refractivity contribution in [3.05, 3.63) is 131 Å². The molecule has 13 nitrogen and oxygen atoms in total. The number of anilines is 1. The second-order valence-corrected chi connectivity index (χ2v) is 13.9. The SMILES string of the molecule is Cc1cc(C)n2ncc(C(=O)Nc3ccc(-c4cn(Cc5ccc(C(=O)N6Cc7cnn(-c8ccc(F)cc8)c7CC(C)(C)C6)o5)nn4)cc3)c2n1. The summed E-state index contributed by atoms with van der Waals surface area (Å²) in [7, 11) is 0. The van der Waals surface area contributed by atoms with Gasteiger partial charge in [0.15, 0.2) is 11.4 Å². The highest BCUT2D eigenvalue weighted by atomic mass is 19.1. The number of amides is 2. The number of nitrogens with zero attached hydrogens (tertiary/aromatic N) is 9. The first kappa shape index (κ1) is 32.7. The van der Waals surface area contributed by atoms with E-state index in [1.807, 2.05) is 36.7 Å². The van der Waals surface area contributed by atoms with E-state index in [4.69, 9.17) is 4.42 Å². The van der Waals surface area contributed by atoms with Crippen molar-refractivity contribution in [1.29, 1.82) is 0 Å². The number of carbonyl (C=O) groups is 2. The third kappa shape index (κ3) is 6.34. The van der Waals surface area contributed by atoms with Gasteiger partial charge >= 0.3 is 0 Å². The van der Waals surface area contributed by atoms with Gasteiger partial charge in [0.25, 0.3) is 11.8 Å². The first-order valence-corrected chi connectivity index (χ1v) is 16.8. The number of aryl methyl sites for hydroxylation is 2. The third-order valence-corrected chi connectivity index (χ3v) is 9.13. The number of aromatic nitrogens is 8. The molecule has 14 heteroatoms. The van der Waals surface area contributed by atoms with E-state index < -0.39 is 0 Å². The van der Waals surface area contributed by atoms with Gasteiger partial charge in [-0.2, -0.15) is 10.2 Å². The number of rotatable bonds is 7. The molecule has 7 aromatic rings. The molecule has 0 fully saturated rings. The largest absolute Gasteiger partial charge is 0.454 e. The highest BCUT2D eigenvalue weighted by Gasteiger charge is 2.34. The predicted octanol–water partition coefficient (Wildman–Crippen LogP) is 6.05. The van der Waals surface area contributed by atoms with E-state index in [0.29, 0.717) is 47.9 Å². The Bertz CT molecular complexity index is 2450. The molecule has 52 heavy (non-hydrogen) atoms. The summed E-state index contributed by atoms with van der Waals surface area (Å²) >= 11 is 0. The molecule has 0 atom stereocenters. The second kappa shape index (κ2) is 12.7. The quantitative estimate of drug-likeness (QED) is 0.212. The first-order chi connectivity index (χ1) is 25.0. The fraction of sp³-hybridized carbons (Fsp3) is 0.237. The minimum absolute atomic E-state index is 0.212. The molecule has 2 amide bonds. The average Bonchev–Trinajstić information content (AvgIpc) is 3.92. The molecule has 0 unspecified atom stereocenters. The van der Waals surface area contributed by atoms with Gasteiger partial charge in [0.1, 0.15) is 29.4 Å². The summed E-state index contributed by atoms with van der Waals surface area (Å²) in [6.45, 7) is 9.21. The molecule has 262 valence electrons. The van der Waals surface area contributed by atoms with Crippen LogP contribution in [0.2, 0.25) is 0 Å². The molecule has 1 aliphatic heterocycles. The third-order valence-electron chi connectivity index (χ3n) is 9.13. The minimum Gasteiger partial charge on any atom is -0.454 e. The number of fused-ring (bicyclic) bond motifs is 2. The second-order valence-electron chi connectivity index (χ2n) is 13.9. The van der Waals surface area contributed by atoms with E-state index in [1.165, 1.54) is 18.3 Å². The summed E-state index contributed by atoms with van der Waals surface area (Å²) < 4.78 is 24.7. The summed E-state index contributed by atoms with van der Waals surface area (Å²) in [6, 6.07) is 18.9. The van der Waals surface area contributed by atoms with Crippen molar-refractivity contribution >= 4 is 23.1 Å². The molecule has 0 aliphatic carbocycles. The molecule has 1 N–H and O–H groups in total. The Kier molecular flexibility index (Phi) is 8.00. The molecule has 5 aromatic heterocycles. The van der Waals surface area contributed by atoms with Crippen LogP contribution in [0.25, 0.3) is 22.6 Å². The van der Waals surface area contributed by atoms with Crippen LogP contribution in [-0.2, 0) is 19.5 Å². The summed E-state index contributed by atoms with van der Waals surface area (Å²) in [5.74, 6) is -0.0201. The topological polar surface area (TPSA) is 141 Å². The van der Waals surface area contributed by atoms with E-state index in [-0.39, 0.29) is 35.4 Å². The molecular weight excluding hydrogens is 663 g/mol. The van der Waals surface area contributed by atoms with E-state index in [0.717, 1.165) is 33.9 Å². The summed E-state index contributed by atoms with van der Waals surface area (Å²) in [5.41, 5.74) is 7.13. The zero-order valence-corrected chi connectivity index (χ0v) is 29.0. The molecule has 8 rings (SSSR count). The van der Waals surface area contributed by atoms with Crippen molar-refractivity contribution in [3.8, 4) is 16.9 Å². The van der Waals surface area contributed by atoms with Crippen LogP contribution in [0.5, 0.6) is 0 Å². The predicted molar refractivity (Wildman–Crippen MR) is 189 cm³/mol. The fourth-order valence-electron chi connectivity index (χ4n) is 6.72. The highest BCUT2D eigenvalue weighted by molar-refractivity contribution is 6.08. The van der Waals surface area contributed by atoms with Gasteiger partial charge in [-0.15, -0.1) is 5.10 Å². The van der Waals surface area contributed by atoms with E-state index in [1.54, 1.807) is 62.9 Å². The fourth-order valence-corrected chi connectivity index (χ4v) is 6.72. The number of carbonyl (C=O) groups excluding carboxylic acids is 2. The van der Waals surface area contributed by atoms with E-state index >= 15 is 0 Å². The van der Waals surface area contributed by atoms with Crippen LogP contribution in [0, 0.1) is 25.1 Å². The Morgan fingerprint density at radius 2 is 1.77 bits per heavy atom. The maximum atomic E-state index is 13.8. The van der Waals surface area contributed by atoms with Gasteiger partial charge in [0.2, 0.25) is 0 Å². The number of halogens is 1. The van der Waals surface area contributed by atoms with Gasteiger partial charge in [0.05, 0.1) is 24.3 Å². The molecule has 0 radical (unpaired) electrons. The van der Waals surface area contributed by atoms with Crippen molar-refractivity contribution in [3.63, 3.8) is 0 Å². The summed E-state index contributed by atoms with van der Waals surface area (Å²) in [6.07, 6.45) is 5.79. The number of furan rings is 1. The summed E-state index contributed by atoms with van der Waals surface area (Å²) in [4.78, 5) is 33.1. The number of hydrogen-bond donors (Lipinski definition) is 1. The van der Waals surface area contributed by atoms with Gasteiger partial charge in [-0.3, -0.25) is 9.59 Å². The molecule has 1 aliphatic rings. The summed E-state index contributed by atoms with van der Waals surface area (Å²) in [5, 5.41) is 20.4. The lowest BCUT2D eigenvalue weighted by Crippen LogP contribution is -2.37. The lowest BCUT2D eigenvalue weighted by Gasteiger charge is -2.29. The molecule has 0 bridgehead atoms. The van der Waals surface area contributed by atoms with Crippen molar-refractivity contribution in [1.82, 2.24) is 44.3 Å². The molecule has 2 aromatic carbocycles. The van der Waals surface area contributed by atoms with E-state index in [9.17, 15) is 14.0 Å². The van der Waals surface area contributed by atoms with Gasteiger partial charge < -0.3 is 14.6 Å². The van der Waals surface area contributed by atoms with E-state index in [2.05, 4.69) is 44.7 Å². The molecule has 0 spiro atoms. The zero-order chi connectivity index (χ0) is 36.1. The van der Waals surface area contributed by atoms with Crippen LogP contribution in [-0.4, -0.2) is 62.6 Å². The monoisotopic (exact) mass is 698 g/mol. The Morgan fingerprint density at radius 1 is 0.981 bits per heavy atom. The Morgan fingerprint density at radius 3 is 2.56 bits per heavy atom. The van der Waals surface area contributed by atoms with Crippen LogP contribution in [0.1, 0.15) is 63.2 Å². The molecule has 0 saturated heterocycles. The maximum Gasteiger partial charge on any atom is 0.289 e. The lowest BCUT2D eigenvalue weighted by molar-refractivity contribution is 0.0646. The molecule has 6 heterocycles. The van der Waals surface area contributed by atoms with Crippen LogP contribution in [0.15, 0.2) is 89.7 Å². The van der Waals surface area contributed by atoms with Crippen molar-refractivity contribution < 1.29 is 18.4 Å². The normalized spacial score (nSPS) is 14.0. The smallest absolute Gasteiger partial charge is 0.289 e. The van der Waals surface area contributed by atoms with Crippen LogP contribution < -0.4 is 5.32 Å². The van der Waals surface area contributed by atoms with Gasteiger partial charge in [-0.05, 0) is 80.3 Å². The Hall–Kier alpha value is -6.44. The van der Waals surface area contributed by atoms with Crippen LogP contribution >= 0.6 is 0 Å². The van der Waals surface area contributed by atoms with Crippen molar-refractivity contribution in [2.45, 2.75) is 47.2 Å². The highest BCUT2D eigenvalue weighted by Crippen LogP contribution is 2.32. The first-order valence-electron chi connectivity index (χ1n) is 16.8.